The van der Waals surface area contributed by atoms with Gasteiger partial charge in [-0.15, -0.1) is 0 Å². The Hall–Kier alpha value is -8.58. The van der Waals surface area contributed by atoms with E-state index in [1.807, 2.05) is 0 Å². The lowest BCUT2D eigenvalue weighted by Gasteiger charge is -2.17. The minimum absolute atomic E-state index is 0.536. The highest BCUT2D eigenvalue weighted by Gasteiger charge is 2.41. The van der Waals surface area contributed by atoms with Crippen molar-refractivity contribution < 1.29 is 140 Å². The van der Waals surface area contributed by atoms with Crippen molar-refractivity contribution in [3.63, 3.8) is 0 Å². The van der Waals surface area contributed by atoms with Crippen molar-refractivity contribution in [1.82, 2.24) is 19.9 Å². The number of H-pyrrole nitrogens is 2. The standard InChI is InChI=1S/C56H40F16N4O14/c57-33-29(34(58)42(66)53(41(33)65)87-11-15(81)7-77)25-19-1-2-20(73-19)26(30-35(59)43(67)54(44(68)36(30)60)88-12-16(82)8-78)22-4-6-24(75-22)28(32-39(63)47(71)56(48(72)40(32)64)90-14-18(84)10-80)50-52(86)51(85)49(76-50)27(23-5-3-21(25)74-23)31-37(61)45(69)55(46(70)38(31)62)89-13-17(83)9-79/h1-6,15-18,51-52,74-75,77-86H,7-14H2. The monoisotopic (exact) mass is 1300 g/mol. The highest BCUT2D eigenvalue weighted by molar-refractivity contribution is 5.98. The Labute approximate surface area is 490 Å². The van der Waals surface area contributed by atoms with Crippen LogP contribution in [0.3, 0.4) is 0 Å². The molecule has 0 aliphatic carbocycles. The summed E-state index contributed by atoms with van der Waals surface area (Å²) in [7, 11) is 0. The average Bonchev–Trinajstić information content (AvgIpc) is 1.46. The van der Waals surface area contributed by atoms with Crippen LogP contribution in [0.4, 0.5) is 70.2 Å². The molecule has 2 aliphatic rings. The molecule has 0 radical (unpaired) electrons. The number of benzene rings is 4. The first-order valence-corrected chi connectivity index (χ1v) is 25.6. The van der Waals surface area contributed by atoms with Crippen molar-refractivity contribution in [3.8, 4) is 67.5 Å². The minimum atomic E-state index is -3.02. The molecule has 480 valence electrons. The van der Waals surface area contributed by atoms with Gasteiger partial charge in [-0.05, 0) is 36.4 Å². The van der Waals surface area contributed by atoms with Gasteiger partial charge < -0.3 is 80.0 Å². The molecule has 12 N–H and O–H groups in total. The summed E-state index contributed by atoms with van der Waals surface area (Å²) in [5, 5.41) is 100.0. The van der Waals surface area contributed by atoms with E-state index in [4.69, 9.17) is 9.47 Å². The van der Waals surface area contributed by atoms with E-state index in [1.54, 1.807) is 0 Å². The van der Waals surface area contributed by atoms with Crippen LogP contribution in [0.15, 0.2) is 24.3 Å². The number of hydrogen-bond donors (Lipinski definition) is 12. The van der Waals surface area contributed by atoms with Crippen molar-refractivity contribution in [1.29, 1.82) is 0 Å². The van der Waals surface area contributed by atoms with Crippen LogP contribution in [-0.2, 0) is 0 Å². The topological polar surface area (TPSA) is 297 Å². The van der Waals surface area contributed by atoms with E-state index in [0.29, 0.717) is 36.4 Å². The molecule has 0 spiro atoms. The minimum Gasteiger partial charge on any atom is -0.485 e. The summed E-state index contributed by atoms with van der Waals surface area (Å²) in [5.41, 5.74) is -23.2. The zero-order valence-electron chi connectivity index (χ0n) is 44.6. The number of hydrogen-bond acceptors (Lipinski definition) is 16. The smallest absolute Gasteiger partial charge is 0.204 e. The van der Waals surface area contributed by atoms with Crippen LogP contribution in [-0.4, -0.2) is 148 Å². The lowest BCUT2D eigenvalue weighted by molar-refractivity contribution is 0.0259. The van der Waals surface area contributed by atoms with Crippen molar-refractivity contribution in [2.75, 3.05) is 52.9 Å². The molecule has 6 atom stereocenters. The Morgan fingerprint density at radius 2 is 0.533 bits per heavy atom. The first-order chi connectivity index (χ1) is 42.6. The lowest BCUT2D eigenvalue weighted by atomic mass is 9.96. The van der Waals surface area contributed by atoms with E-state index in [0.717, 1.165) is 0 Å². The maximum Gasteiger partial charge on any atom is 0.204 e. The number of aliphatic hydroxyl groups excluding tert-OH is 10. The number of aromatic nitrogens is 4. The third-order valence-electron chi connectivity index (χ3n) is 13.6. The second-order valence-corrected chi connectivity index (χ2v) is 19.5. The summed E-state index contributed by atoms with van der Waals surface area (Å²) in [6.07, 6.45) is -12.6. The predicted molar refractivity (Wildman–Crippen MR) is 275 cm³/mol. The number of aliphatic hydroxyl groups is 10. The predicted octanol–water partition coefficient (Wildman–Crippen LogP) is 7.07. The number of ether oxygens (including phenoxy) is 4. The van der Waals surface area contributed by atoms with Crippen LogP contribution in [0.5, 0.6) is 23.0 Å². The molecule has 0 fully saturated rings. The van der Waals surface area contributed by atoms with Crippen molar-refractivity contribution in [2.24, 2.45) is 0 Å². The van der Waals surface area contributed by atoms with Crippen molar-refractivity contribution in [2.45, 2.75) is 36.6 Å². The summed E-state index contributed by atoms with van der Waals surface area (Å²) in [5.74, 6) is -47.5. The molecular formula is C56H40F16N4O14. The Bertz CT molecular complexity index is 3860. The summed E-state index contributed by atoms with van der Waals surface area (Å²) in [6.45, 7) is -9.56. The van der Waals surface area contributed by atoms with E-state index in [-0.39, 0.29) is 0 Å². The molecular weight excluding hydrogens is 1260 g/mol. The van der Waals surface area contributed by atoms with Gasteiger partial charge >= 0.3 is 0 Å². The maximum atomic E-state index is 16.9. The first kappa shape index (κ1) is 65.9. The molecule has 5 heterocycles. The molecule has 3 aromatic heterocycles. The van der Waals surface area contributed by atoms with Crippen LogP contribution in [0.2, 0.25) is 0 Å². The largest absolute Gasteiger partial charge is 0.485 e. The zero-order chi connectivity index (χ0) is 65.8. The normalized spacial score (nSPS) is 15.4. The first-order valence-electron chi connectivity index (χ1n) is 25.6. The Morgan fingerprint density at radius 1 is 0.322 bits per heavy atom. The van der Waals surface area contributed by atoms with Crippen LogP contribution >= 0.6 is 0 Å². The van der Waals surface area contributed by atoms with Gasteiger partial charge in [0.05, 0.1) is 71.5 Å². The summed E-state index contributed by atoms with van der Waals surface area (Å²) in [6, 6.07) is 2.22. The molecule has 8 bridgehead atoms. The second-order valence-electron chi connectivity index (χ2n) is 19.5. The van der Waals surface area contributed by atoms with Gasteiger partial charge in [0.15, 0.2) is 69.5 Å². The molecule has 0 saturated heterocycles. The van der Waals surface area contributed by atoms with Gasteiger partial charge in [-0.2, -0.15) is 35.1 Å². The molecule has 18 nitrogen and oxygen atoms in total. The highest BCUT2D eigenvalue weighted by atomic mass is 19.2. The molecule has 90 heavy (non-hydrogen) atoms. The fraction of sp³-hybridized carbons (Fsp3) is 0.250. The van der Waals surface area contributed by atoms with E-state index in [2.05, 4.69) is 29.4 Å². The van der Waals surface area contributed by atoms with Gasteiger partial charge in [-0.25, -0.2) is 40.1 Å². The van der Waals surface area contributed by atoms with Crippen LogP contribution in [0, 0.1) is 93.1 Å². The van der Waals surface area contributed by atoms with Crippen LogP contribution in [0.1, 0.15) is 35.0 Å². The fourth-order valence-corrected chi connectivity index (χ4v) is 9.35. The van der Waals surface area contributed by atoms with Gasteiger partial charge in [-0.3, -0.25) is 4.98 Å². The number of aromatic amines is 2. The van der Waals surface area contributed by atoms with E-state index in [9.17, 15) is 51.1 Å². The molecule has 0 amide bonds. The fourth-order valence-electron chi connectivity index (χ4n) is 9.35. The van der Waals surface area contributed by atoms with E-state index in [1.165, 1.54) is 0 Å². The molecule has 2 aliphatic heterocycles. The Kier molecular flexibility index (Phi) is 19.1. The third-order valence-corrected chi connectivity index (χ3v) is 13.6. The van der Waals surface area contributed by atoms with Crippen LogP contribution < -0.4 is 18.9 Å². The quantitative estimate of drug-likeness (QED) is 0.0268. The highest BCUT2D eigenvalue weighted by Crippen LogP contribution is 2.50. The van der Waals surface area contributed by atoms with Gasteiger partial charge in [0.1, 0.15) is 63.1 Å². The summed E-state index contributed by atoms with van der Waals surface area (Å²) >= 11 is 0. The SMILES string of the molecule is OCC(O)COc1c(F)c(F)c(-c2c3nc(c(-c4c(F)c(F)c(OCC(O)CO)c(F)c4F)c4ccc([nH]4)c(-c4c(F)c(F)c(OCC(O)CO)c(F)c4F)c4nc(c(-c5c(F)c(F)c(OCC(O)CO)c(F)c5F)c5ccc2[nH]5)C(O)C4O)C=C3)c(F)c1F. The van der Waals surface area contributed by atoms with Crippen molar-refractivity contribution in [3.05, 3.63) is 140 Å². The molecule has 7 aromatic rings. The average molecular weight is 1300 g/mol. The molecule has 4 aromatic carbocycles. The number of nitrogens with zero attached hydrogens (tertiary/aromatic N) is 2. The van der Waals surface area contributed by atoms with Gasteiger partial charge in [0.25, 0.3) is 0 Å². The lowest BCUT2D eigenvalue weighted by Crippen LogP contribution is -2.22. The van der Waals surface area contributed by atoms with E-state index < -0.39 is 295 Å². The van der Waals surface area contributed by atoms with E-state index >= 15 is 70.2 Å². The Balaban J connectivity index is 1.54. The van der Waals surface area contributed by atoms with Gasteiger partial charge in [0.2, 0.25) is 46.5 Å². The molecule has 9 rings (SSSR count). The molecule has 0 saturated carbocycles. The van der Waals surface area contributed by atoms with Gasteiger partial charge in [-0.1, -0.05) is 0 Å². The van der Waals surface area contributed by atoms with Gasteiger partial charge in [0, 0.05) is 44.3 Å². The number of rotatable bonds is 20. The maximum absolute atomic E-state index is 16.9. The second kappa shape index (κ2) is 26.1. The van der Waals surface area contributed by atoms with Crippen LogP contribution in [0.25, 0.3) is 78.7 Å². The number of halogens is 16. The third kappa shape index (κ3) is 11.5. The zero-order valence-corrected chi connectivity index (χ0v) is 44.6. The number of fused-ring (bicyclic) bond motifs is 8. The molecule has 34 heteroatoms. The van der Waals surface area contributed by atoms with Crippen molar-refractivity contribution >= 4 is 34.2 Å². The molecule has 6 unspecified atom stereocenters. The number of nitrogens with one attached hydrogen (secondary N) is 2. The Morgan fingerprint density at radius 3 is 0.756 bits per heavy atom. The summed E-state index contributed by atoms with van der Waals surface area (Å²) in [4.78, 5) is 12.5. The summed E-state index contributed by atoms with van der Waals surface area (Å²) < 4.78 is 283.